The number of nitrogens with zero attached hydrogens (tertiary/aromatic N) is 2. The summed E-state index contributed by atoms with van der Waals surface area (Å²) in [5.74, 6) is 0.0914. The molecule has 0 unspecified atom stereocenters. The van der Waals surface area contributed by atoms with Crippen LogP contribution in [0.3, 0.4) is 0 Å². The smallest absolute Gasteiger partial charge is 0.228 e. The van der Waals surface area contributed by atoms with E-state index in [2.05, 4.69) is 0 Å². The fraction of sp³-hybridized carbons (Fsp3) is 0.562. The molecular weight excluding hydrogens is 300 g/mol. The van der Waals surface area contributed by atoms with Gasteiger partial charge in [-0.05, 0) is 5.56 Å². The van der Waals surface area contributed by atoms with Crippen molar-refractivity contribution in [1.29, 1.82) is 0 Å². The van der Waals surface area contributed by atoms with Gasteiger partial charge in [-0.25, -0.2) is 8.42 Å². The van der Waals surface area contributed by atoms with E-state index in [0.717, 1.165) is 5.56 Å². The second-order valence-electron chi connectivity index (χ2n) is 6.68. The molecule has 6 heteroatoms. The van der Waals surface area contributed by atoms with E-state index in [1.54, 1.807) is 4.90 Å². The van der Waals surface area contributed by atoms with Gasteiger partial charge in [0, 0.05) is 31.6 Å². The van der Waals surface area contributed by atoms with Crippen molar-refractivity contribution in [2.75, 3.05) is 26.2 Å². The Kier molecular flexibility index (Phi) is 4.92. The molecule has 22 heavy (non-hydrogen) atoms. The van der Waals surface area contributed by atoms with Gasteiger partial charge in [0.15, 0.2) is 0 Å². The Hall–Kier alpha value is -1.40. The first-order valence-electron chi connectivity index (χ1n) is 7.51. The first-order chi connectivity index (χ1) is 10.2. The van der Waals surface area contributed by atoms with Gasteiger partial charge in [0.1, 0.15) is 0 Å². The molecule has 0 aliphatic carbocycles. The number of carbonyl (C=O) groups is 1. The average molecular weight is 324 g/mol. The maximum atomic E-state index is 12.5. The lowest BCUT2D eigenvalue weighted by molar-refractivity contribution is -0.140. The van der Waals surface area contributed by atoms with Crippen LogP contribution < -0.4 is 0 Å². The minimum absolute atomic E-state index is 0.0149. The molecule has 0 saturated carbocycles. The summed E-state index contributed by atoms with van der Waals surface area (Å²) >= 11 is 0. The van der Waals surface area contributed by atoms with Crippen LogP contribution in [0.15, 0.2) is 30.3 Å². The second-order valence-corrected chi connectivity index (χ2v) is 8.65. The molecule has 1 heterocycles. The minimum atomic E-state index is -3.33. The lowest BCUT2D eigenvalue weighted by atomic mass is 9.94. The van der Waals surface area contributed by atoms with Crippen LogP contribution in [0.2, 0.25) is 0 Å². The van der Waals surface area contributed by atoms with E-state index in [4.69, 9.17) is 0 Å². The molecule has 0 N–H and O–H groups in total. The van der Waals surface area contributed by atoms with Crippen LogP contribution in [0.5, 0.6) is 0 Å². The zero-order chi connectivity index (χ0) is 16.4. The normalized spacial score (nSPS) is 17.5. The Labute approximate surface area is 133 Å². The van der Waals surface area contributed by atoms with Gasteiger partial charge in [-0.2, -0.15) is 4.31 Å². The van der Waals surface area contributed by atoms with E-state index < -0.39 is 15.4 Å². The summed E-state index contributed by atoms with van der Waals surface area (Å²) in [7, 11) is -3.33. The molecule has 1 fully saturated rings. The third kappa shape index (κ3) is 4.08. The Morgan fingerprint density at radius 2 is 1.59 bits per heavy atom. The predicted molar refractivity (Wildman–Crippen MR) is 86.7 cm³/mol. The number of rotatable bonds is 3. The van der Waals surface area contributed by atoms with Crippen LogP contribution in [0.25, 0.3) is 0 Å². The molecule has 2 rings (SSSR count). The maximum absolute atomic E-state index is 12.5. The van der Waals surface area contributed by atoms with Gasteiger partial charge in [0.05, 0.1) is 5.75 Å². The summed E-state index contributed by atoms with van der Waals surface area (Å²) in [4.78, 5) is 14.0. The molecule has 0 radical (unpaired) electrons. The number of sulfonamides is 1. The van der Waals surface area contributed by atoms with Crippen molar-refractivity contribution in [2.24, 2.45) is 5.41 Å². The van der Waals surface area contributed by atoms with Crippen LogP contribution in [0, 0.1) is 5.41 Å². The molecule has 0 aromatic heterocycles. The third-order valence-corrected chi connectivity index (χ3v) is 5.60. The molecule has 1 aromatic rings. The van der Waals surface area contributed by atoms with Crippen LogP contribution in [0.1, 0.15) is 26.3 Å². The van der Waals surface area contributed by atoms with Gasteiger partial charge in [0.2, 0.25) is 15.9 Å². The van der Waals surface area contributed by atoms with Crippen LogP contribution >= 0.6 is 0 Å². The minimum Gasteiger partial charge on any atom is -0.340 e. The molecule has 122 valence electrons. The van der Waals surface area contributed by atoms with E-state index in [1.165, 1.54) is 4.31 Å². The molecule has 1 amide bonds. The highest BCUT2D eigenvalue weighted by Gasteiger charge is 2.33. The molecule has 1 aliphatic heterocycles. The lowest BCUT2D eigenvalue weighted by Crippen LogP contribution is -2.53. The SMILES string of the molecule is CC(C)(C)C(=O)N1CCN(S(=O)(=O)Cc2ccccc2)CC1. The fourth-order valence-electron chi connectivity index (χ4n) is 2.52. The van der Waals surface area contributed by atoms with Crippen LogP contribution in [-0.2, 0) is 20.6 Å². The molecule has 1 saturated heterocycles. The fourth-order valence-corrected chi connectivity index (χ4v) is 4.04. The van der Waals surface area contributed by atoms with Crippen LogP contribution in [-0.4, -0.2) is 49.7 Å². The second kappa shape index (κ2) is 6.38. The quantitative estimate of drug-likeness (QED) is 0.850. The van der Waals surface area contributed by atoms with E-state index in [0.29, 0.717) is 26.2 Å². The zero-order valence-electron chi connectivity index (χ0n) is 13.4. The Bertz CT molecular complexity index is 613. The van der Waals surface area contributed by atoms with Crippen molar-refractivity contribution in [2.45, 2.75) is 26.5 Å². The highest BCUT2D eigenvalue weighted by Crippen LogP contribution is 2.20. The maximum Gasteiger partial charge on any atom is 0.228 e. The van der Waals surface area contributed by atoms with Gasteiger partial charge in [0.25, 0.3) is 0 Å². The lowest BCUT2D eigenvalue weighted by Gasteiger charge is -2.37. The van der Waals surface area contributed by atoms with Crippen molar-refractivity contribution in [3.05, 3.63) is 35.9 Å². The van der Waals surface area contributed by atoms with E-state index >= 15 is 0 Å². The summed E-state index contributed by atoms with van der Waals surface area (Å²) in [5, 5.41) is 0. The average Bonchev–Trinajstić information content (AvgIpc) is 2.46. The molecule has 1 aromatic carbocycles. The number of piperazine rings is 1. The van der Waals surface area contributed by atoms with Gasteiger partial charge < -0.3 is 4.90 Å². The molecule has 0 spiro atoms. The Morgan fingerprint density at radius 1 is 1.05 bits per heavy atom. The van der Waals surface area contributed by atoms with E-state index in [-0.39, 0.29) is 11.7 Å². The van der Waals surface area contributed by atoms with E-state index in [9.17, 15) is 13.2 Å². The van der Waals surface area contributed by atoms with E-state index in [1.807, 2.05) is 51.1 Å². The van der Waals surface area contributed by atoms with Crippen molar-refractivity contribution in [3.63, 3.8) is 0 Å². The number of carbonyl (C=O) groups excluding carboxylic acids is 1. The van der Waals surface area contributed by atoms with Crippen LogP contribution in [0.4, 0.5) is 0 Å². The molecule has 1 aliphatic rings. The monoisotopic (exact) mass is 324 g/mol. The molecular formula is C16H24N2O3S. The summed E-state index contributed by atoms with van der Waals surface area (Å²) in [6.45, 7) is 7.32. The van der Waals surface area contributed by atoms with Crippen molar-refractivity contribution in [3.8, 4) is 0 Å². The Morgan fingerprint density at radius 3 is 2.09 bits per heavy atom. The summed E-state index contributed by atoms with van der Waals surface area (Å²) in [5.41, 5.74) is 0.362. The largest absolute Gasteiger partial charge is 0.340 e. The number of benzene rings is 1. The highest BCUT2D eigenvalue weighted by molar-refractivity contribution is 7.88. The van der Waals surface area contributed by atoms with Crippen molar-refractivity contribution >= 4 is 15.9 Å². The zero-order valence-corrected chi connectivity index (χ0v) is 14.3. The highest BCUT2D eigenvalue weighted by atomic mass is 32.2. The summed E-state index contributed by atoms with van der Waals surface area (Å²) < 4.78 is 26.4. The topological polar surface area (TPSA) is 57.7 Å². The molecule has 5 nitrogen and oxygen atoms in total. The molecule has 0 atom stereocenters. The first kappa shape index (κ1) is 17.0. The standard InChI is InChI=1S/C16H24N2O3S/c1-16(2,3)15(19)17-9-11-18(12-10-17)22(20,21)13-14-7-5-4-6-8-14/h4-8H,9-13H2,1-3H3. The number of hydrogen-bond donors (Lipinski definition) is 0. The van der Waals surface area contributed by atoms with Gasteiger partial charge in [-0.1, -0.05) is 51.1 Å². The van der Waals surface area contributed by atoms with Gasteiger partial charge in [-0.3, -0.25) is 4.79 Å². The van der Waals surface area contributed by atoms with Gasteiger partial charge >= 0.3 is 0 Å². The van der Waals surface area contributed by atoms with Crippen molar-refractivity contribution < 1.29 is 13.2 Å². The summed E-state index contributed by atoms with van der Waals surface area (Å²) in [6, 6.07) is 9.18. The predicted octanol–water partition coefficient (Wildman–Crippen LogP) is 1.71. The first-order valence-corrected chi connectivity index (χ1v) is 9.12. The number of hydrogen-bond acceptors (Lipinski definition) is 3. The van der Waals surface area contributed by atoms with Gasteiger partial charge in [-0.15, -0.1) is 0 Å². The summed E-state index contributed by atoms with van der Waals surface area (Å²) in [6.07, 6.45) is 0. The number of amides is 1. The van der Waals surface area contributed by atoms with Crippen molar-refractivity contribution in [1.82, 2.24) is 9.21 Å². The molecule has 0 bridgehead atoms. The Balaban J connectivity index is 1.98. The third-order valence-electron chi connectivity index (χ3n) is 3.75.